The minimum Gasteiger partial charge on any atom is -0.480 e. The molecule has 0 aliphatic carbocycles. The van der Waals surface area contributed by atoms with Gasteiger partial charge in [-0.1, -0.05) is 0 Å². The molecule has 0 spiro atoms. The molecular weight excluding hydrogens is 210 g/mol. The second kappa shape index (κ2) is 6.02. The summed E-state index contributed by atoms with van der Waals surface area (Å²) in [5, 5.41) is 11.7. The fourth-order valence-electron chi connectivity index (χ4n) is 1.17. The molecule has 0 bridgehead atoms. The third-order valence-corrected chi connectivity index (χ3v) is 2.01. The maximum atomic E-state index is 10.9. The Morgan fingerprint density at radius 2 is 2.44 bits per heavy atom. The van der Waals surface area contributed by atoms with Crippen LogP contribution in [0.2, 0.25) is 0 Å². The highest BCUT2D eigenvalue weighted by Gasteiger charge is 2.17. The first-order valence-electron chi connectivity index (χ1n) is 4.91. The van der Waals surface area contributed by atoms with E-state index in [0.717, 1.165) is 5.69 Å². The monoisotopic (exact) mass is 225 g/mol. The maximum absolute atomic E-state index is 10.9. The van der Waals surface area contributed by atoms with Crippen molar-refractivity contribution in [1.29, 1.82) is 0 Å². The number of hydrogen-bond donors (Lipinski definition) is 2. The van der Waals surface area contributed by atoms with Crippen LogP contribution in [0.3, 0.4) is 0 Å². The molecule has 0 aromatic carbocycles. The summed E-state index contributed by atoms with van der Waals surface area (Å²) in [7, 11) is 1.53. The molecule has 1 heterocycles. The molecule has 0 saturated heterocycles. The van der Waals surface area contributed by atoms with Gasteiger partial charge in [-0.05, 0) is 13.0 Å². The second-order valence-corrected chi connectivity index (χ2v) is 3.34. The molecule has 0 fully saturated rings. The van der Waals surface area contributed by atoms with Crippen molar-refractivity contribution in [1.82, 2.24) is 9.97 Å². The van der Waals surface area contributed by atoms with Crippen LogP contribution in [0.15, 0.2) is 12.3 Å². The van der Waals surface area contributed by atoms with Crippen LogP contribution >= 0.6 is 0 Å². The van der Waals surface area contributed by atoms with Crippen LogP contribution in [0.5, 0.6) is 0 Å². The molecule has 2 N–H and O–H groups in total. The van der Waals surface area contributed by atoms with E-state index in [9.17, 15) is 4.79 Å². The number of nitrogens with zero attached hydrogens (tertiary/aromatic N) is 2. The third-order valence-electron chi connectivity index (χ3n) is 2.01. The van der Waals surface area contributed by atoms with E-state index < -0.39 is 12.0 Å². The molecule has 88 valence electrons. The molecule has 1 rings (SSSR count). The first-order valence-corrected chi connectivity index (χ1v) is 4.91. The average Bonchev–Trinajstić information content (AvgIpc) is 2.24. The highest BCUT2D eigenvalue weighted by molar-refractivity contribution is 5.76. The maximum Gasteiger partial charge on any atom is 0.326 e. The van der Waals surface area contributed by atoms with Gasteiger partial charge in [0.15, 0.2) is 0 Å². The van der Waals surface area contributed by atoms with Crippen LogP contribution in [0.4, 0.5) is 5.95 Å². The van der Waals surface area contributed by atoms with Gasteiger partial charge in [0.05, 0.1) is 0 Å². The van der Waals surface area contributed by atoms with Crippen molar-refractivity contribution in [2.45, 2.75) is 19.4 Å². The number of aliphatic carboxylic acids is 1. The van der Waals surface area contributed by atoms with Crippen LogP contribution in [-0.2, 0) is 9.53 Å². The van der Waals surface area contributed by atoms with Gasteiger partial charge in [0.1, 0.15) is 6.04 Å². The lowest BCUT2D eigenvalue weighted by atomic mass is 10.2. The van der Waals surface area contributed by atoms with Gasteiger partial charge in [0.2, 0.25) is 5.95 Å². The Labute approximate surface area is 93.7 Å². The van der Waals surface area contributed by atoms with Crippen LogP contribution in [0, 0.1) is 6.92 Å². The number of aryl methyl sites for hydroxylation is 1. The van der Waals surface area contributed by atoms with Gasteiger partial charge in [-0.2, -0.15) is 0 Å². The van der Waals surface area contributed by atoms with Gasteiger partial charge in [-0.3, -0.25) is 0 Å². The Morgan fingerprint density at radius 3 is 3.00 bits per heavy atom. The quantitative estimate of drug-likeness (QED) is 0.740. The molecule has 1 aromatic rings. The fraction of sp³-hybridized carbons (Fsp3) is 0.500. The van der Waals surface area contributed by atoms with Crippen LogP contribution in [0.25, 0.3) is 0 Å². The number of aromatic nitrogens is 2. The van der Waals surface area contributed by atoms with Gasteiger partial charge in [-0.15, -0.1) is 0 Å². The van der Waals surface area contributed by atoms with Crippen LogP contribution < -0.4 is 5.32 Å². The fourth-order valence-corrected chi connectivity index (χ4v) is 1.17. The summed E-state index contributed by atoms with van der Waals surface area (Å²) in [6.07, 6.45) is 1.95. The average molecular weight is 225 g/mol. The smallest absolute Gasteiger partial charge is 0.326 e. The predicted octanol–water partition coefficient (Wildman–Crippen LogP) is 0.687. The van der Waals surface area contributed by atoms with Gasteiger partial charge >= 0.3 is 5.97 Å². The number of carbonyl (C=O) groups is 1. The summed E-state index contributed by atoms with van der Waals surface area (Å²) >= 11 is 0. The summed E-state index contributed by atoms with van der Waals surface area (Å²) in [4.78, 5) is 18.9. The Balaban J connectivity index is 2.64. The van der Waals surface area contributed by atoms with E-state index in [4.69, 9.17) is 9.84 Å². The number of methoxy groups -OCH3 is 1. The van der Waals surface area contributed by atoms with Gasteiger partial charge in [0.25, 0.3) is 0 Å². The van der Waals surface area contributed by atoms with E-state index in [2.05, 4.69) is 15.3 Å². The molecular formula is C10H15N3O3. The van der Waals surface area contributed by atoms with Gasteiger partial charge < -0.3 is 15.2 Å². The Bertz CT molecular complexity index is 357. The molecule has 0 radical (unpaired) electrons. The zero-order chi connectivity index (χ0) is 12.0. The standard InChI is InChI=1S/C10H15N3O3/c1-7-3-5-11-10(12-7)13-8(9(14)15)4-6-16-2/h3,5,8H,4,6H2,1-2H3,(H,14,15)(H,11,12,13). The Hall–Kier alpha value is -1.69. The van der Waals surface area contributed by atoms with Crippen molar-refractivity contribution in [3.05, 3.63) is 18.0 Å². The lowest BCUT2D eigenvalue weighted by Gasteiger charge is -2.13. The van der Waals surface area contributed by atoms with Gasteiger partial charge in [0, 0.05) is 32.0 Å². The van der Waals surface area contributed by atoms with E-state index in [-0.39, 0.29) is 0 Å². The van der Waals surface area contributed by atoms with Crippen molar-refractivity contribution >= 4 is 11.9 Å². The van der Waals surface area contributed by atoms with Crippen molar-refractivity contribution in [3.63, 3.8) is 0 Å². The number of carboxylic acid groups (broad SMARTS) is 1. The van der Waals surface area contributed by atoms with E-state index in [1.807, 2.05) is 6.92 Å². The number of rotatable bonds is 6. The first-order chi connectivity index (χ1) is 7.63. The zero-order valence-corrected chi connectivity index (χ0v) is 9.30. The van der Waals surface area contributed by atoms with Gasteiger partial charge in [-0.25, -0.2) is 14.8 Å². The molecule has 1 unspecified atom stereocenters. The molecule has 0 aliphatic rings. The summed E-state index contributed by atoms with van der Waals surface area (Å²) in [5.74, 6) is -0.620. The second-order valence-electron chi connectivity index (χ2n) is 3.34. The summed E-state index contributed by atoms with van der Waals surface area (Å²) in [6, 6.07) is 1.01. The molecule has 1 aromatic heterocycles. The highest BCUT2D eigenvalue weighted by Crippen LogP contribution is 2.04. The van der Waals surface area contributed by atoms with Crippen molar-refractivity contribution in [3.8, 4) is 0 Å². The van der Waals surface area contributed by atoms with E-state index >= 15 is 0 Å². The molecule has 16 heavy (non-hydrogen) atoms. The highest BCUT2D eigenvalue weighted by atomic mass is 16.5. The number of ether oxygens (including phenoxy) is 1. The Morgan fingerprint density at radius 1 is 1.69 bits per heavy atom. The zero-order valence-electron chi connectivity index (χ0n) is 9.30. The summed E-state index contributed by atoms with van der Waals surface area (Å²) in [6.45, 7) is 2.19. The summed E-state index contributed by atoms with van der Waals surface area (Å²) in [5.41, 5.74) is 0.786. The third kappa shape index (κ3) is 3.82. The van der Waals surface area contributed by atoms with Crippen LogP contribution in [-0.4, -0.2) is 40.8 Å². The number of carboxylic acids is 1. The Kier molecular flexibility index (Phi) is 4.65. The molecule has 1 atom stereocenters. The van der Waals surface area contributed by atoms with Crippen molar-refractivity contribution in [2.24, 2.45) is 0 Å². The topological polar surface area (TPSA) is 84.3 Å². The molecule has 0 aliphatic heterocycles. The molecule has 6 heteroatoms. The minimum atomic E-state index is -0.942. The number of hydrogen-bond acceptors (Lipinski definition) is 5. The predicted molar refractivity (Wildman–Crippen MR) is 58.3 cm³/mol. The first kappa shape index (κ1) is 12.4. The SMILES string of the molecule is COCCC(Nc1nccc(C)n1)C(=O)O. The number of anilines is 1. The van der Waals surface area contributed by atoms with E-state index in [1.54, 1.807) is 12.3 Å². The lowest BCUT2D eigenvalue weighted by Crippen LogP contribution is -2.31. The largest absolute Gasteiger partial charge is 0.480 e. The van der Waals surface area contributed by atoms with Crippen molar-refractivity contribution < 1.29 is 14.6 Å². The normalized spacial score (nSPS) is 12.1. The van der Waals surface area contributed by atoms with E-state index in [0.29, 0.717) is 19.0 Å². The minimum absolute atomic E-state index is 0.323. The van der Waals surface area contributed by atoms with E-state index in [1.165, 1.54) is 7.11 Å². The lowest BCUT2D eigenvalue weighted by molar-refractivity contribution is -0.138. The van der Waals surface area contributed by atoms with Crippen LogP contribution in [0.1, 0.15) is 12.1 Å². The summed E-state index contributed by atoms with van der Waals surface area (Å²) < 4.78 is 4.84. The molecule has 0 saturated carbocycles. The molecule has 6 nitrogen and oxygen atoms in total. The molecule has 0 amide bonds. The number of nitrogens with one attached hydrogen (secondary N) is 1. The van der Waals surface area contributed by atoms with Crippen molar-refractivity contribution in [2.75, 3.05) is 19.0 Å².